The molecule has 0 aliphatic carbocycles. The van der Waals surface area contributed by atoms with Crippen molar-refractivity contribution in [3.63, 3.8) is 0 Å². The summed E-state index contributed by atoms with van der Waals surface area (Å²) in [6, 6.07) is 8.70. The van der Waals surface area contributed by atoms with E-state index in [-0.39, 0.29) is 17.7 Å². The van der Waals surface area contributed by atoms with Gasteiger partial charge in [-0.1, -0.05) is 22.0 Å². The van der Waals surface area contributed by atoms with Crippen molar-refractivity contribution >= 4 is 15.9 Å². The van der Waals surface area contributed by atoms with E-state index in [4.69, 9.17) is 4.74 Å². The molecule has 5 heteroatoms. The Morgan fingerprint density at radius 1 is 1.20 bits per heavy atom. The predicted octanol–water partition coefficient (Wildman–Crippen LogP) is 4.01. The Hall–Kier alpha value is -1.46. The predicted molar refractivity (Wildman–Crippen MR) is 75.7 cm³/mol. The highest BCUT2D eigenvalue weighted by Crippen LogP contribution is 2.31. The first kappa shape index (κ1) is 14.9. The lowest BCUT2D eigenvalue weighted by molar-refractivity contribution is 0.167. The van der Waals surface area contributed by atoms with Crippen molar-refractivity contribution in [1.82, 2.24) is 0 Å². The molecule has 2 nitrogen and oxygen atoms in total. The van der Waals surface area contributed by atoms with Crippen LogP contribution >= 0.6 is 15.9 Å². The van der Waals surface area contributed by atoms with Gasteiger partial charge in [0.1, 0.15) is 17.4 Å². The first-order chi connectivity index (χ1) is 9.52. The zero-order valence-corrected chi connectivity index (χ0v) is 12.3. The maximum atomic E-state index is 13.8. The van der Waals surface area contributed by atoms with Gasteiger partial charge >= 0.3 is 0 Å². The molecule has 2 aromatic rings. The number of ether oxygens (including phenoxy) is 1. The van der Waals surface area contributed by atoms with Gasteiger partial charge in [-0.15, -0.1) is 0 Å². The number of hydrogen-bond donors (Lipinski definition) is 1. The van der Waals surface area contributed by atoms with Gasteiger partial charge in [-0.3, -0.25) is 0 Å². The summed E-state index contributed by atoms with van der Waals surface area (Å²) in [6.45, 7) is 0. The van der Waals surface area contributed by atoms with E-state index < -0.39 is 17.7 Å². The number of aliphatic hydroxyl groups is 1. The first-order valence-corrected chi connectivity index (χ1v) is 6.76. The van der Waals surface area contributed by atoms with E-state index in [2.05, 4.69) is 15.9 Å². The fourth-order valence-corrected chi connectivity index (χ4v) is 2.44. The van der Waals surface area contributed by atoms with Crippen LogP contribution in [-0.4, -0.2) is 12.2 Å². The molecule has 2 aromatic carbocycles. The Bertz CT molecular complexity index is 617. The number of aliphatic hydroxyl groups excluding tert-OH is 1. The maximum Gasteiger partial charge on any atom is 0.132 e. The molecule has 0 fully saturated rings. The normalized spacial score (nSPS) is 12.2. The van der Waals surface area contributed by atoms with Crippen molar-refractivity contribution in [1.29, 1.82) is 0 Å². The molecule has 2 rings (SSSR count). The average molecular weight is 343 g/mol. The molecule has 0 saturated carbocycles. The number of benzene rings is 2. The second-order valence-corrected chi connectivity index (χ2v) is 5.23. The highest BCUT2D eigenvalue weighted by Gasteiger charge is 2.20. The quantitative estimate of drug-likeness (QED) is 0.909. The van der Waals surface area contributed by atoms with E-state index in [9.17, 15) is 13.9 Å². The highest BCUT2D eigenvalue weighted by atomic mass is 79.9. The average Bonchev–Trinajstić information content (AvgIpc) is 2.42. The molecule has 0 amide bonds. The topological polar surface area (TPSA) is 29.5 Å². The van der Waals surface area contributed by atoms with Crippen molar-refractivity contribution in [3.05, 3.63) is 63.6 Å². The van der Waals surface area contributed by atoms with Crippen molar-refractivity contribution in [2.24, 2.45) is 0 Å². The second kappa shape index (κ2) is 6.33. The van der Waals surface area contributed by atoms with Gasteiger partial charge in [0.2, 0.25) is 0 Å². The van der Waals surface area contributed by atoms with Crippen molar-refractivity contribution in [3.8, 4) is 5.75 Å². The SMILES string of the molecule is COc1cccc(F)c1C(O)Cc1cc(Br)ccc1F. The third-order valence-corrected chi connectivity index (χ3v) is 3.48. The summed E-state index contributed by atoms with van der Waals surface area (Å²) in [5, 5.41) is 10.2. The summed E-state index contributed by atoms with van der Waals surface area (Å²) in [5.74, 6) is -0.775. The standard InChI is InChI=1S/C15H13BrF2O2/c1-20-14-4-2-3-12(18)15(14)13(19)8-9-7-10(16)5-6-11(9)17/h2-7,13,19H,8H2,1H3. The fourth-order valence-electron chi connectivity index (χ4n) is 2.03. The van der Waals surface area contributed by atoms with Gasteiger partial charge in [-0.2, -0.15) is 0 Å². The van der Waals surface area contributed by atoms with Gasteiger partial charge in [-0.25, -0.2) is 8.78 Å². The third-order valence-electron chi connectivity index (χ3n) is 2.99. The van der Waals surface area contributed by atoms with Crippen LogP contribution in [0.5, 0.6) is 5.75 Å². The monoisotopic (exact) mass is 342 g/mol. The Kier molecular flexibility index (Phi) is 4.73. The first-order valence-electron chi connectivity index (χ1n) is 5.97. The lowest BCUT2D eigenvalue weighted by Crippen LogP contribution is -2.08. The van der Waals surface area contributed by atoms with Crippen molar-refractivity contribution in [2.75, 3.05) is 7.11 Å². The van der Waals surface area contributed by atoms with Crippen LogP contribution in [0.2, 0.25) is 0 Å². The zero-order valence-electron chi connectivity index (χ0n) is 10.7. The number of hydrogen-bond acceptors (Lipinski definition) is 2. The largest absolute Gasteiger partial charge is 0.496 e. The maximum absolute atomic E-state index is 13.8. The minimum atomic E-state index is -1.19. The number of rotatable bonds is 4. The summed E-state index contributed by atoms with van der Waals surface area (Å²) in [6.07, 6.45) is -1.22. The summed E-state index contributed by atoms with van der Waals surface area (Å²) < 4.78 is 33.2. The zero-order chi connectivity index (χ0) is 14.7. The molecular weight excluding hydrogens is 330 g/mol. The molecule has 0 aliphatic heterocycles. The van der Waals surface area contributed by atoms with Crippen molar-refractivity contribution < 1.29 is 18.6 Å². The van der Waals surface area contributed by atoms with Gasteiger partial charge < -0.3 is 9.84 Å². The lowest BCUT2D eigenvalue weighted by atomic mass is 10.00. The molecule has 0 bridgehead atoms. The van der Waals surface area contributed by atoms with E-state index in [1.807, 2.05) is 0 Å². The Balaban J connectivity index is 2.33. The minimum Gasteiger partial charge on any atom is -0.496 e. The minimum absolute atomic E-state index is 0.0365. The van der Waals surface area contributed by atoms with Crippen LogP contribution < -0.4 is 4.74 Å². The van der Waals surface area contributed by atoms with Gasteiger partial charge in [0.05, 0.1) is 18.8 Å². The number of methoxy groups -OCH3 is 1. The fraction of sp³-hybridized carbons (Fsp3) is 0.200. The molecule has 0 spiro atoms. The highest BCUT2D eigenvalue weighted by molar-refractivity contribution is 9.10. The molecule has 0 aliphatic rings. The molecule has 0 heterocycles. The van der Waals surface area contributed by atoms with Gasteiger partial charge in [0, 0.05) is 10.9 Å². The van der Waals surface area contributed by atoms with Crippen LogP contribution in [0.25, 0.3) is 0 Å². The van der Waals surface area contributed by atoms with Crippen LogP contribution in [0.4, 0.5) is 8.78 Å². The Labute approximate surface area is 124 Å². The summed E-state index contributed by atoms with van der Waals surface area (Å²) in [4.78, 5) is 0. The van der Waals surface area contributed by atoms with Gasteiger partial charge in [-0.05, 0) is 35.9 Å². The van der Waals surface area contributed by atoms with Crippen LogP contribution in [0, 0.1) is 11.6 Å². The van der Waals surface area contributed by atoms with E-state index in [1.165, 1.54) is 25.3 Å². The second-order valence-electron chi connectivity index (χ2n) is 4.31. The Morgan fingerprint density at radius 3 is 2.65 bits per heavy atom. The smallest absolute Gasteiger partial charge is 0.132 e. The Morgan fingerprint density at radius 2 is 1.95 bits per heavy atom. The summed E-state index contributed by atoms with van der Waals surface area (Å²) >= 11 is 3.24. The van der Waals surface area contributed by atoms with E-state index in [0.29, 0.717) is 10.0 Å². The molecule has 0 saturated heterocycles. The molecule has 1 atom stereocenters. The third kappa shape index (κ3) is 3.16. The molecule has 0 radical (unpaired) electrons. The number of halogens is 3. The van der Waals surface area contributed by atoms with E-state index in [1.54, 1.807) is 18.2 Å². The van der Waals surface area contributed by atoms with Gasteiger partial charge in [0.25, 0.3) is 0 Å². The van der Waals surface area contributed by atoms with E-state index in [0.717, 1.165) is 0 Å². The van der Waals surface area contributed by atoms with E-state index >= 15 is 0 Å². The van der Waals surface area contributed by atoms with Crippen LogP contribution in [-0.2, 0) is 6.42 Å². The summed E-state index contributed by atoms with van der Waals surface area (Å²) in [5.41, 5.74) is 0.339. The molecule has 1 unspecified atom stereocenters. The summed E-state index contributed by atoms with van der Waals surface area (Å²) in [7, 11) is 1.39. The van der Waals surface area contributed by atoms with Gasteiger partial charge in [0.15, 0.2) is 0 Å². The molecule has 1 N–H and O–H groups in total. The van der Waals surface area contributed by atoms with Crippen LogP contribution in [0.3, 0.4) is 0 Å². The molecule has 20 heavy (non-hydrogen) atoms. The molecule has 0 aromatic heterocycles. The van der Waals surface area contributed by atoms with Crippen molar-refractivity contribution in [2.45, 2.75) is 12.5 Å². The van der Waals surface area contributed by atoms with Crippen LogP contribution in [0.15, 0.2) is 40.9 Å². The lowest BCUT2D eigenvalue weighted by Gasteiger charge is -2.16. The molecule has 106 valence electrons. The molecular formula is C15H13BrF2O2. The van der Waals surface area contributed by atoms with Crippen LogP contribution in [0.1, 0.15) is 17.2 Å².